The first-order chi connectivity index (χ1) is 26.2. The van der Waals surface area contributed by atoms with E-state index in [0.717, 1.165) is 45.8 Å². The highest BCUT2D eigenvalue weighted by atomic mass is 32.2. The van der Waals surface area contributed by atoms with Crippen molar-refractivity contribution in [2.45, 2.75) is 63.5 Å². The molecular formula is C41H50N6O7S. The summed E-state index contributed by atoms with van der Waals surface area (Å²) < 4.78 is 31.9. The monoisotopic (exact) mass is 770 g/mol. The van der Waals surface area contributed by atoms with Crippen molar-refractivity contribution in [2.75, 3.05) is 30.8 Å². The number of ether oxygens (including phenoxy) is 1. The summed E-state index contributed by atoms with van der Waals surface area (Å²) in [4.78, 5) is 41.1. The zero-order chi connectivity index (χ0) is 39.6. The Bertz CT molecular complexity index is 2040. The Morgan fingerprint density at radius 1 is 0.964 bits per heavy atom. The lowest BCUT2D eigenvalue weighted by Crippen LogP contribution is -2.64. The molecule has 3 aromatic rings. The van der Waals surface area contributed by atoms with E-state index in [1.807, 2.05) is 55.5 Å². The topological polar surface area (TPSA) is 178 Å². The molecule has 13 nitrogen and oxygen atoms in total. The van der Waals surface area contributed by atoms with Crippen molar-refractivity contribution in [1.29, 1.82) is 0 Å². The molecule has 2 aliphatic rings. The molecule has 0 bridgehead atoms. The smallest absolute Gasteiger partial charge is 0.254 e. The van der Waals surface area contributed by atoms with E-state index in [4.69, 9.17) is 4.74 Å². The quantitative estimate of drug-likeness (QED) is 0.112. The van der Waals surface area contributed by atoms with Crippen molar-refractivity contribution in [2.24, 2.45) is 0 Å². The Hall–Kier alpha value is -5.44. The predicted molar refractivity (Wildman–Crippen MR) is 212 cm³/mol. The molecule has 14 heteroatoms. The lowest BCUT2D eigenvalue weighted by atomic mass is 9.99. The maximum atomic E-state index is 14.0. The molecule has 0 aromatic heterocycles. The van der Waals surface area contributed by atoms with Crippen LogP contribution in [0.25, 0.3) is 0 Å². The van der Waals surface area contributed by atoms with Gasteiger partial charge in [0.25, 0.3) is 17.7 Å². The molecule has 0 saturated heterocycles. The molecule has 0 saturated carbocycles. The molecule has 292 valence electrons. The number of aliphatic hydroxyl groups is 1. The van der Waals surface area contributed by atoms with Crippen molar-refractivity contribution in [1.82, 2.24) is 26.6 Å². The van der Waals surface area contributed by atoms with Gasteiger partial charge in [0.15, 0.2) is 11.9 Å². The van der Waals surface area contributed by atoms with Gasteiger partial charge in [-0.1, -0.05) is 78.9 Å². The summed E-state index contributed by atoms with van der Waals surface area (Å²) in [6.45, 7) is 4.50. The second kappa shape index (κ2) is 18.3. The van der Waals surface area contributed by atoms with Gasteiger partial charge in [-0.3, -0.25) is 18.7 Å². The van der Waals surface area contributed by atoms with Gasteiger partial charge in [0.2, 0.25) is 10.0 Å². The Balaban J connectivity index is 1.30. The van der Waals surface area contributed by atoms with Gasteiger partial charge in [0, 0.05) is 36.5 Å². The van der Waals surface area contributed by atoms with E-state index in [2.05, 4.69) is 44.8 Å². The zero-order valence-electron chi connectivity index (χ0n) is 31.5. The van der Waals surface area contributed by atoms with E-state index in [1.54, 1.807) is 25.3 Å². The van der Waals surface area contributed by atoms with E-state index in [0.29, 0.717) is 19.6 Å². The summed E-state index contributed by atoms with van der Waals surface area (Å²) in [5, 5.41) is 26.3. The largest absolute Gasteiger partial charge is 0.381 e. The Labute approximate surface area is 323 Å². The van der Waals surface area contributed by atoms with Crippen LogP contribution < -0.4 is 30.9 Å². The number of sulfonamides is 1. The minimum Gasteiger partial charge on any atom is -0.381 e. The number of nitrogens with zero attached hydrogens (tertiary/aromatic N) is 1. The first-order valence-corrected chi connectivity index (χ1v) is 20.0. The molecule has 0 fully saturated rings. The van der Waals surface area contributed by atoms with E-state index < -0.39 is 51.7 Å². The van der Waals surface area contributed by atoms with Crippen molar-refractivity contribution in [3.8, 4) is 0 Å². The molecule has 55 heavy (non-hydrogen) atoms. The highest BCUT2D eigenvalue weighted by molar-refractivity contribution is 7.92. The molecule has 0 spiro atoms. The minimum absolute atomic E-state index is 0.0433. The number of benzene rings is 3. The summed E-state index contributed by atoms with van der Waals surface area (Å²) in [5.74, 6) is -3.15. The number of rotatable bonds is 17. The van der Waals surface area contributed by atoms with Crippen molar-refractivity contribution < 1.29 is 32.6 Å². The number of anilines is 1. The Morgan fingerprint density at radius 3 is 2.25 bits per heavy atom. The minimum atomic E-state index is -3.78. The van der Waals surface area contributed by atoms with Gasteiger partial charge in [0.05, 0.1) is 37.2 Å². The zero-order valence-corrected chi connectivity index (χ0v) is 32.4. The molecule has 1 heterocycles. The second-order valence-electron chi connectivity index (χ2n) is 13.9. The SMILES string of the molecule is C[C@@H](NC(=O)c1cc(C(=O)N[C@@H](Cc2ccccc2)[C@@H](O)C(=O)NC2(C)NC=C(CCOCC3=CCCC=C3)N2)cc(N(C)S(C)(=O)=O)c1)c1ccccc1. The molecular weight excluding hydrogens is 721 g/mol. The summed E-state index contributed by atoms with van der Waals surface area (Å²) in [7, 11) is -2.46. The summed E-state index contributed by atoms with van der Waals surface area (Å²) in [6.07, 6.45) is 10.1. The molecule has 0 radical (unpaired) electrons. The second-order valence-corrected chi connectivity index (χ2v) is 15.9. The first-order valence-electron chi connectivity index (χ1n) is 18.2. The number of allylic oxidation sites excluding steroid dienone is 2. The van der Waals surface area contributed by atoms with Gasteiger partial charge >= 0.3 is 0 Å². The number of hydrogen-bond acceptors (Lipinski definition) is 9. The molecule has 4 atom stereocenters. The number of nitrogens with one attached hydrogen (secondary N) is 5. The summed E-state index contributed by atoms with van der Waals surface area (Å²) in [5.41, 5.74) is 3.62. The fourth-order valence-corrected chi connectivity index (χ4v) is 6.68. The van der Waals surface area contributed by atoms with Crippen LogP contribution in [0.5, 0.6) is 0 Å². The number of carbonyl (C=O) groups excluding carboxylic acids is 3. The Morgan fingerprint density at radius 2 is 1.62 bits per heavy atom. The van der Waals surface area contributed by atoms with Crippen molar-refractivity contribution in [3.63, 3.8) is 0 Å². The van der Waals surface area contributed by atoms with Crippen LogP contribution >= 0.6 is 0 Å². The van der Waals surface area contributed by atoms with Crippen LogP contribution in [0, 0.1) is 0 Å². The fourth-order valence-electron chi connectivity index (χ4n) is 6.19. The van der Waals surface area contributed by atoms with E-state index in [-0.39, 0.29) is 23.2 Å². The van der Waals surface area contributed by atoms with Crippen LogP contribution in [0.15, 0.2) is 115 Å². The van der Waals surface area contributed by atoms with Crippen LogP contribution in [0.4, 0.5) is 5.69 Å². The van der Waals surface area contributed by atoms with Crippen LogP contribution in [-0.4, -0.2) is 75.7 Å². The number of aliphatic hydroxyl groups excluding tert-OH is 1. The van der Waals surface area contributed by atoms with Gasteiger partial charge in [-0.25, -0.2) is 8.42 Å². The third kappa shape index (κ3) is 11.5. The van der Waals surface area contributed by atoms with Crippen molar-refractivity contribution >= 4 is 33.4 Å². The number of amides is 3. The van der Waals surface area contributed by atoms with Crippen LogP contribution in [0.1, 0.15) is 71.0 Å². The average Bonchev–Trinajstić information content (AvgIpc) is 3.55. The van der Waals surface area contributed by atoms with E-state index in [9.17, 15) is 27.9 Å². The first kappa shape index (κ1) is 40.7. The normalized spacial score (nSPS) is 18.1. The third-order valence-electron chi connectivity index (χ3n) is 9.39. The molecule has 3 amide bonds. The Kier molecular flexibility index (Phi) is 13.5. The molecule has 6 N–H and O–H groups in total. The molecule has 1 unspecified atom stereocenters. The van der Waals surface area contributed by atoms with Gasteiger partial charge in [-0.05, 0) is 68.0 Å². The van der Waals surface area contributed by atoms with E-state index >= 15 is 0 Å². The van der Waals surface area contributed by atoms with Gasteiger partial charge < -0.3 is 36.4 Å². The predicted octanol–water partition coefficient (Wildman–Crippen LogP) is 3.78. The van der Waals surface area contributed by atoms with Gasteiger partial charge in [0.1, 0.15) is 0 Å². The fraction of sp³-hybridized carbons (Fsp3) is 0.341. The van der Waals surface area contributed by atoms with Crippen LogP contribution in [0.2, 0.25) is 0 Å². The average molecular weight is 771 g/mol. The molecule has 5 rings (SSSR count). The maximum absolute atomic E-state index is 14.0. The molecule has 1 aliphatic heterocycles. The highest BCUT2D eigenvalue weighted by Gasteiger charge is 2.36. The standard InChI is InChI=1S/C41H50N6O7S/c1-28(31-18-12-7-13-19-31)43-38(49)32-23-33(25-35(24-32)47(3)55(4,52)53)39(50)44-36(22-29-14-8-5-9-15-29)37(48)40(51)46-41(2)42-26-34(45-41)20-21-54-27-30-16-10-6-11-17-30/h5,7-10,12-19,23-26,28,36-37,42,45,48H,6,11,20-22,27H2,1-4H3,(H,43,49)(H,44,50)(H,46,51)/t28-,36+,37-,41?/m1/s1. The van der Waals surface area contributed by atoms with Crippen LogP contribution in [-0.2, 0) is 26.0 Å². The van der Waals surface area contributed by atoms with Crippen molar-refractivity contribution in [3.05, 3.63) is 137 Å². The summed E-state index contributed by atoms with van der Waals surface area (Å²) in [6, 6.07) is 20.9. The molecule has 3 aromatic carbocycles. The third-order valence-corrected chi connectivity index (χ3v) is 10.6. The maximum Gasteiger partial charge on any atom is 0.254 e. The lowest BCUT2D eigenvalue weighted by molar-refractivity contribution is -0.133. The van der Waals surface area contributed by atoms with Gasteiger partial charge in [-0.2, -0.15) is 0 Å². The number of carbonyl (C=O) groups is 3. The highest BCUT2D eigenvalue weighted by Crippen LogP contribution is 2.23. The summed E-state index contributed by atoms with van der Waals surface area (Å²) >= 11 is 0. The number of hydrogen-bond donors (Lipinski definition) is 6. The molecule has 1 aliphatic carbocycles. The van der Waals surface area contributed by atoms with E-state index in [1.165, 1.54) is 25.2 Å². The van der Waals surface area contributed by atoms with Crippen LogP contribution in [0.3, 0.4) is 0 Å². The lowest BCUT2D eigenvalue weighted by Gasteiger charge is -2.31. The van der Waals surface area contributed by atoms with Gasteiger partial charge in [-0.15, -0.1) is 0 Å².